The van der Waals surface area contributed by atoms with Gasteiger partial charge in [-0.25, -0.2) is 4.98 Å². The van der Waals surface area contributed by atoms with Crippen LogP contribution in [0.25, 0.3) is 28.8 Å². The van der Waals surface area contributed by atoms with Crippen LogP contribution < -0.4 is 0 Å². The maximum Gasteiger partial charge on any atom is 0.316 e. The van der Waals surface area contributed by atoms with Crippen LogP contribution >= 0.6 is 23.4 Å². The fourth-order valence-electron chi connectivity index (χ4n) is 3.14. The van der Waals surface area contributed by atoms with Gasteiger partial charge in [-0.2, -0.15) is 5.26 Å². The third-order valence-electron chi connectivity index (χ3n) is 4.65. The minimum atomic E-state index is -0.903. The van der Waals surface area contributed by atoms with Gasteiger partial charge in [0.05, 0.1) is 16.1 Å². The van der Waals surface area contributed by atoms with Gasteiger partial charge < -0.3 is 5.11 Å². The van der Waals surface area contributed by atoms with Gasteiger partial charge >= 0.3 is 5.97 Å². The molecule has 148 valence electrons. The van der Waals surface area contributed by atoms with Crippen molar-refractivity contribution in [1.82, 2.24) is 9.38 Å². The number of hydrogen-bond donors (Lipinski definition) is 1. The Balaban J connectivity index is 1.93. The second kappa shape index (κ2) is 8.23. The molecule has 0 aliphatic rings. The van der Waals surface area contributed by atoms with E-state index >= 15 is 0 Å². The van der Waals surface area contributed by atoms with Crippen molar-refractivity contribution >= 4 is 58.2 Å². The van der Waals surface area contributed by atoms with Crippen LogP contribution in [0, 0.1) is 11.3 Å². The van der Waals surface area contributed by atoms with E-state index in [2.05, 4.69) is 11.1 Å². The van der Waals surface area contributed by atoms with E-state index in [1.807, 2.05) is 59.0 Å². The summed E-state index contributed by atoms with van der Waals surface area (Å²) in [7, 11) is 0. The lowest BCUT2D eigenvalue weighted by Crippen LogP contribution is -2.12. The predicted octanol–water partition coefficient (Wildman–Crippen LogP) is 5.75. The highest BCUT2D eigenvalue weighted by atomic mass is 35.5. The van der Waals surface area contributed by atoms with Crippen molar-refractivity contribution in [3.8, 4) is 6.07 Å². The summed E-state index contributed by atoms with van der Waals surface area (Å²) in [5.74, 6) is -0.903. The van der Waals surface area contributed by atoms with Gasteiger partial charge in [0.25, 0.3) is 0 Å². The van der Waals surface area contributed by atoms with Crippen molar-refractivity contribution in [2.45, 2.75) is 17.2 Å². The van der Waals surface area contributed by atoms with Gasteiger partial charge in [-0.05, 0) is 48.4 Å². The van der Waals surface area contributed by atoms with Crippen LogP contribution in [-0.2, 0) is 4.79 Å². The number of carboxylic acid groups (broad SMARTS) is 1. The zero-order chi connectivity index (χ0) is 21.3. The summed E-state index contributed by atoms with van der Waals surface area (Å²) in [5.41, 5.74) is 4.14. The fourth-order valence-corrected chi connectivity index (χ4v) is 4.21. The molecular weight excluding hydrogens is 418 g/mol. The predicted molar refractivity (Wildman–Crippen MR) is 121 cm³/mol. The summed E-state index contributed by atoms with van der Waals surface area (Å²) in [5, 5.41) is 20.0. The molecule has 0 saturated carbocycles. The average molecular weight is 434 g/mol. The van der Waals surface area contributed by atoms with E-state index in [4.69, 9.17) is 11.6 Å². The summed E-state index contributed by atoms with van der Waals surface area (Å²) in [6.45, 7) is 1.64. The molecule has 1 atom stereocenters. The number of benzene rings is 2. The smallest absolute Gasteiger partial charge is 0.316 e. The molecule has 5 nitrogen and oxygen atoms in total. The summed E-state index contributed by atoms with van der Waals surface area (Å²) < 4.78 is 1.86. The van der Waals surface area contributed by atoms with E-state index in [9.17, 15) is 15.2 Å². The van der Waals surface area contributed by atoms with Crippen molar-refractivity contribution in [3.05, 3.63) is 76.3 Å². The van der Waals surface area contributed by atoms with Gasteiger partial charge in [0, 0.05) is 5.02 Å². The lowest BCUT2D eigenvalue weighted by molar-refractivity contribution is -0.136. The molecule has 0 amide bonds. The summed E-state index contributed by atoms with van der Waals surface area (Å²) >= 11 is 7.17. The van der Waals surface area contributed by atoms with Crippen molar-refractivity contribution in [2.75, 3.05) is 0 Å². The average Bonchev–Trinajstić information content (AvgIpc) is 3.13. The van der Waals surface area contributed by atoms with Gasteiger partial charge in [0.1, 0.15) is 16.9 Å². The molecule has 2 heterocycles. The van der Waals surface area contributed by atoms with E-state index in [0.717, 1.165) is 16.6 Å². The number of carbonyl (C=O) groups is 1. The number of halogens is 1. The highest BCUT2D eigenvalue weighted by Gasteiger charge is 2.20. The minimum Gasteiger partial charge on any atom is -0.480 e. The van der Waals surface area contributed by atoms with Crippen molar-refractivity contribution < 1.29 is 9.90 Å². The molecular formula is C23H16ClN3O2S. The first-order valence-electron chi connectivity index (χ1n) is 9.15. The number of fused-ring (bicyclic) bond motifs is 3. The molecule has 0 aliphatic heterocycles. The van der Waals surface area contributed by atoms with Gasteiger partial charge in [0.2, 0.25) is 0 Å². The van der Waals surface area contributed by atoms with E-state index in [-0.39, 0.29) is 0 Å². The fraction of sp³-hybridized carbons (Fsp3) is 0.0870. The van der Waals surface area contributed by atoms with Gasteiger partial charge in [-0.15, -0.1) is 0 Å². The zero-order valence-electron chi connectivity index (χ0n) is 15.9. The van der Waals surface area contributed by atoms with Crippen LogP contribution in [0.5, 0.6) is 0 Å². The Bertz CT molecular complexity index is 1340. The third kappa shape index (κ3) is 3.78. The SMILES string of the molecule is C[C@@H](Sc1cc(/C=C/c2ccc(Cl)cc2)c(C#N)c2nc3ccccc3n12)C(=O)O. The number of thioether (sulfide) groups is 1. The van der Waals surface area contributed by atoms with E-state index in [0.29, 0.717) is 26.8 Å². The molecule has 0 bridgehead atoms. The lowest BCUT2D eigenvalue weighted by atomic mass is 10.1. The monoisotopic (exact) mass is 433 g/mol. The maximum absolute atomic E-state index is 11.5. The van der Waals surface area contributed by atoms with Crippen LogP contribution in [-0.4, -0.2) is 25.7 Å². The molecule has 30 heavy (non-hydrogen) atoms. The molecule has 2 aromatic carbocycles. The molecule has 7 heteroatoms. The molecule has 0 radical (unpaired) electrons. The molecule has 1 N–H and O–H groups in total. The van der Waals surface area contributed by atoms with E-state index < -0.39 is 11.2 Å². The Hall–Kier alpha value is -3.27. The Morgan fingerprint density at radius 2 is 1.97 bits per heavy atom. The summed E-state index contributed by atoms with van der Waals surface area (Å²) in [6.07, 6.45) is 3.73. The van der Waals surface area contributed by atoms with E-state index in [1.165, 1.54) is 11.8 Å². The van der Waals surface area contributed by atoms with Crippen LogP contribution in [0.2, 0.25) is 5.02 Å². The normalized spacial score (nSPS) is 12.4. The molecule has 0 spiro atoms. The van der Waals surface area contributed by atoms with Crippen LogP contribution in [0.15, 0.2) is 59.6 Å². The number of rotatable bonds is 5. The minimum absolute atomic E-state index is 0.434. The van der Waals surface area contributed by atoms with Crippen molar-refractivity contribution in [1.29, 1.82) is 5.26 Å². The van der Waals surface area contributed by atoms with Crippen LogP contribution in [0.3, 0.4) is 0 Å². The largest absolute Gasteiger partial charge is 0.480 e. The molecule has 4 rings (SSSR count). The topological polar surface area (TPSA) is 78.4 Å². The van der Waals surface area contributed by atoms with Crippen LogP contribution in [0.4, 0.5) is 0 Å². The van der Waals surface area contributed by atoms with Crippen LogP contribution in [0.1, 0.15) is 23.6 Å². The second-order valence-corrected chi connectivity index (χ2v) is 8.46. The number of carboxylic acids is 1. The number of para-hydroxylation sites is 2. The summed E-state index contributed by atoms with van der Waals surface area (Å²) in [6, 6.07) is 19.0. The van der Waals surface area contributed by atoms with Crippen molar-refractivity contribution in [2.24, 2.45) is 0 Å². The third-order valence-corrected chi connectivity index (χ3v) is 6.00. The number of nitriles is 1. The molecule has 4 aromatic rings. The Kier molecular flexibility index (Phi) is 5.49. The van der Waals surface area contributed by atoms with Gasteiger partial charge in [0.15, 0.2) is 5.65 Å². The lowest BCUT2D eigenvalue weighted by Gasteiger charge is -2.12. The Morgan fingerprint density at radius 3 is 2.67 bits per heavy atom. The van der Waals surface area contributed by atoms with Gasteiger partial charge in [-0.1, -0.05) is 59.8 Å². The Morgan fingerprint density at radius 1 is 1.23 bits per heavy atom. The number of pyridine rings is 1. The number of hydrogen-bond acceptors (Lipinski definition) is 4. The summed E-state index contributed by atoms with van der Waals surface area (Å²) in [4.78, 5) is 16.1. The number of imidazole rings is 1. The number of nitrogens with zero attached hydrogens (tertiary/aromatic N) is 3. The number of aliphatic carboxylic acids is 1. The quantitative estimate of drug-likeness (QED) is 0.405. The van der Waals surface area contributed by atoms with E-state index in [1.54, 1.807) is 19.1 Å². The van der Waals surface area contributed by atoms with Gasteiger partial charge in [-0.3, -0.25) is 9.20 Å². The Labute approximate surface area is 182 Å². The first kappa shape index (κ1) is 20.0. The van der Waals surface area contributed by atoms with Crippen molar-refractivity contribution in [3.63, 3.8) is 0 Å². The zero-order valence-corrected chi connectivity index (χ0v) is 17.5. The standard InChI is InChI=1S/C23H16ClN3O2S/c1-14(23(28)29)30-21-12-16(9-6-15-7-10-17(24)11-8-15)18(13-25)22-26-19-4-2-3-5-20(19)27(21)22/h2-12,14H,1H3,(H,28,29)/b9-6+/t14-/m1/s1. The molecule has 0 saturated heterocycles. The first-order chi connectivity index (χ1) is 14.5. The molecule has 0 unspecified atom stereocenters. The highest BCUT2D eigenvalue weighted by Crippen LogP contribution is 2.32. The molecule has 2 aromatic heterocycles. The maximum atomic E-state index is 11.5. The first-order valence-corrected chi connectivity index (χ1v) is 10.4. The molecule has 0 fully saturated rings. The molecule has 0 aliphatic carbocycles. The second-order valence-electron chi connectivity index (χ2n) is 6.67. The highest BCUT2D eigenvalue weighted by molar-refractivity contribution is 8.00. The number of aromatic nitrogens is 2.